The molecule has 0 fully saturated rings. The molecule has 90 valence electrons. The Morgan fingerprint density at radius 3 is 2.24 bits per heavy atom. The van der Waals surface area contributed by atoms with Crippen molar-refractivity contribution >= 4 is 10.0 Å². The van der Waals surface area contributed by atoms with Crippen molar-refractivity contribution in [3.8, 4) is 5.69 Å². The summed E-state index contributed by atoms with van der Waals surface area (Å²) in [4.78, 5) is 0.0711. The van der Waals surface area contributed by atoms with Crippen LogP contribution in [0.4, 0.5) is 4.39 Å². The maximum Gasteiger partial charge on any atom is 0.239 e. The Balaban J connectivity index is 2.55. The minimum atomic E-state index is -3.72. The number of aromatic nitrogens is 1. The molecule has 0 aliphatic rings. The van der Waals surface area contributed by atoms with E-state index in [-0.39, 0.29) is 10.7 Å². The molecular formula is C11H11FN2O2S. The average Bonchev–Trinajstić information content (AvgIpc) is 2.61. The van der Waals surface area contributed by atoms with Gasteiger partial charge in [-0.05, 0) is 37.3 Å². The van der Waals surface area contributed by atoms with Gasteiger partial charge in [0, 0.05) is 17.6 Å². The van der Waals surface area contributed by atoms with E-state index in [9.17, 15) is 12.8 Å². The van der Waals surface area contributed by atoms with Crippen molar-refractivity contribution in [1.82, 2.24) is 4.57 Å². The van der Waals surface area contributed by atoms with E-state index < -0.39 is 10.0 Å². The van der Waals surface area contributed by atoms with Gasteiger partial charge in [-0.3, -0.25) is 0 Å². The van der Waals surface area contributed by atoms with E-state index >= 15 is 0 Å². The smallest absolute Gasteiger partial charge is 0.239 e. The second-order valence-corrected chi connectivity index (χ2v) is 5.19. The number of hydrogen-bond donors (Lipinski definition) is 1. The summed E-state index contributed by atoms with van der Waals surface area (Å²) in [7, 11) is -3.72. The first-order chi connectivity index (χ1) is 7.89. The van der Waals surface area contributed by atoms with Crippen LogP contribution < -0.4 is 5.14 Å². The molecule has 1 aromatic heterocycles. The summed E-state index contributed by atoms with van der Waals surface area (Å²) < 4.78 is 36.9. The van der Waals surface area contributed by atoms with Crippen LogP contribution in [0.3, 0.4) is 0 Å². The van der Waals surface area contributed by atoms with Gasteiger partial charge in [0.05, 0.1) is 0 Å². The third-order valence-corrected chi connectivity index (χ3v) is 3.55. The van der Waals surface area contributed by atoms with Gasteiger partial charge in [-0.25, -0.2) is 17.9 Å². The SMILES string of the molecule is Cc1c(S(N)(=O)=O)ccn1-c1ccc(F)cc1. The third-order valence-electron chi connectivity index (χ3n) is 2.50. The van der Waals surface area contributed by atoms with Gasteiger partial charge in [-0.1, -0.05) is 0 Å². The molecule has 0 atom stereocenters. The zero-order chi connectivity index (χ0) is 12.6. The molecule has 0 unspecified atom stereocenters. The van der Waals surface area contributed by atoms with Gasteiger partial charge in [0.1, 0.15) is 10.7 Å². The Hall–Kier alpha value is -1.66. The fraction of sp³-hybridized carbons (Fsp3) is 0.0909. The lowest BCUT2D eigenvalue weighted by atomic mass is 10.3. The Kier molecular flexibility index (Phi) is 2.76. The highest BCUT2D eigenvalue weighted by atomic mass is 32.2. The highest BCUT2D eigenvalue weighted by Gasteiger charge is 2.15. The standard InChI is InChI=1S/C11H11FN2O2S/c1-8-11(17(13,15)16)6-7-14(8)10-4-2-9(12)3-5-10/h2-7H,1H3,(H2,13,15,16). The molecule has 6 heteroatoms. The molecule has 0 aliphatic heterocycles. The maximum atomic E-state index is 12.8. The van der Waals surface area contributed by atoms with E-state index in [0.29, 0.717) is 11.4 Å². The number of rotatable bonds is 2. The van der Waals surface area contributed by atoms with E-state index in [4.69, 9.17) is 5.14 Å². The Labute approximate surface area is 98.5 Å². The second-order valence-electron chi connectivity index (χ2n) is 3.66. The number of halogens is 1. The molecule has 1 heterocycles. The molecule has 0 bridgehead atoms. The van der Waals surface area contributed by atoms with Crippen molar-refractivity contribution in [1.29, 1.82) is 0 Å². The number of benzene rings is 1. The molecule has 17 heavy (non-hydrogen) atoms. The lowest BCUT2D eigenvalue weighted by Crippen LogP contribution is -2.13. The predicted octanol–water partition coefficient (Wildman–Crippen LogP) is 1.57. The first kappa shape index (κ1) is 11.8. The maximum absolute atomic E-state index is 12.8. The van der Waals surface area contributed by atoms with E-state index in [1.165, 1.54) is 18.2 Å². The van der Waals surface area contributed by atoms with Crippen LogP contribution in [0.1, 0.15) is 5.69 Å². The summed E-state index contributed by atoms with van der Waals surface area (Å²) in [6.07, 6.45) is 1.59. The molecule has 2 rings (SSSR count). The van der Waals surface area contributed by atoms with E-state index in [1.807, 2.05) is 0 Å². The second kappa shape index (κ2) is 3.97. The summed E-state index contributed by atoms with van der Waals surface area (Å²) >= 11 is 0. The van der Waals surface area contributed by atoms with Crippen LogP contribution >= 0.6 is 0 Å². The monoisotopic (exact) mass is 254 g/mol. The number of nitrogens with zero attached hydrogens (tertiary/aromatic N) is 1. The van der Waals surface area contributed by atoms with Crippen molar-refractivity contribution in [2.75, 3.05) is 0 Å². The van der Waals surface area contributed by atoms with Crippen LogP contribution in [0.25, 0.3) is 5.69 Å². The van der Waals surface area contributed by atoms with Crippen molar-refractivity contribution in [2.45, 2.75) is 11.8 Å². The molecular weight excluding hydrogens is 243 g/mol. The predicted molar refractivity (Wildman–Crippen MR) is 61.8 cm³/mol. The largest absolute Gasteiger partial charge is 0.320 e. The van der Waals surface area contributed by atoms with Crippen LogP contribution in [-0.4, -0.2) is 13.0 Å². The topological polar surface area (TPSA) is 65.1 Å². The number of sulfonamides is 1. The van der Waals surface area contributed by atoms with Gasteiger partial charge in [0.2, 0.25) is 10.0 Å². The van der Waals surface area contributed by atoms with Crippen LogP contribution in [0.15, 0.2) is 41.4 Å². The summed E-state index contributed by atoms with van der Waals surface area (Å²) in [5.74, 6) is -0.342. The minimum absolute atomic E-state index is 0.0711. The molecule has 0 saturated heterocycles. The summed E-state index contributed by atoms with van der Waals surface area (Å²) in [6, 6.07) is 7.18. The molecule has 0 spiro atoms. The molecule has 4 nitrogen and oxygen atoms in total. The molecule has 1 aromatic carbocycles. The fourth-order valence-electron chi connectivity index (χ4n) is 1.68. The summed E-state index contributed by atoms with van der Waals surface area (Å²) in [5.41, 5.74) is 1.18. The highest BCUT2D eigenvalue weighted by molar-refractivity contribution is 7.89. The molecule has 0 radical (unpaired) electrons. The number of primary sulfonamides is 1. The van der Waals surface area contributed by atoms with Crippen LogP contribution in [0.2, 0.25) is 0 Å². The van der Waals surface area contributed by atoms with Gasteiger partial charge < -0.3 is 4.57 Å². The van der Waals surface area contributed by atoms with Crippen LogP contribution in [0, 0.1) is 12.7 Å². The first-order valence-corrected chi connectivity index (χ1v) is 6.41. The van der Waals surface area contributed by atoms with Crippen molar-refractivity contribution in [3.63, 3.8) is 0 Å². The molecule has 2 N–H and O–H groups in total. The quantitative estimate of drug-likeness (QED) is 0.884. The zero-order valence-electron chi connectivity index (χ0n) is 9.09. The summed E-state index contributed by atoms with van der Waals surface area (Å²) in [6.45, 7) is 1.64. The molecule has 0 amide bonds. The van der Waals surface area contributed by atoms with E-state index in [2.05, 4.69) is 0 Å². The Bertz CT molecular complexity index is 645. The zero-order valence-corrected chi connectivity index (χ0v) is 9.91. The molecule has 0 aliphatic carbocycles. The van der Waals surface area contributed by atoms with E-state index in [0.717, 1.165) is 0 Å². The van der Waals surface area contributed by atoms with Crippen molar-refractivity contribution in [2.24, 2.45) is 5.14 Å². The van der Waals surface area contributed by atoms with Gasteiger partial charge in [0.15, 0.2) is 0 Å². The number of hydrogen-bond acceptors (Lipinski definition) is 2. The first-order valence-electron chi connectivity index (χ1n) is 4.86. The third kappa shape index (κ3) is 2.22. The average molecular weight is 254 g/mol. The van der Waals surface area contributed by atoms with Crippen LogP contribution in [-0.2, 0) is 10.0 Å². The fourth-order valence-corrected chi connectivity index (χ4v) is 2.44. The molecule has 2 aromatic rings. The lowest BCUT2D eigenvalue weighted by molar-refractivity contribution is 0.597. The van der Waals surface area contributed by atoms with Gasteiger partial charge in [-0.2, -0.15) is 0 Å². The van der Waals surface area contributed by atoms with Gasteiger partial charge >= 0.3 is 0 Å². The molecule has 0 saturated carbocycles. The van der Waals surface area contributed by atoms with Crippen molar-refractivity contribution in [3.05, 3.63) is 48.0 Å². The minimum Gasteiger partial charge on any atom is -0.320 e. The Morgan fingerprint density at radius 1 is 1.18 bits per heavy atom. The van der Waals surface area contributed by atoms with Crippen LogP contribution in [0.5, 0.6) is 0 Å². The Morgan fingerprint density at radius 2 is 1.76 bits per heavy atom. The normalized spacial score (nSPS) is 11.7. The van der Waals surface area contributed by atoms with E-state index in [1.54, 1.807) is 29.8 Å². The van der Waals surface area contributed by atoms with Gasteiger partial charge in [-0.15, -0.1) is 0 Å². The summed E-state index contributed by atoms with van der Waals surface area (Å²) in [5, 5.41) is 5.07. The van der Waals surface area contributed by atoms with Gasteiger partial charge in [0.25, 0.3) is 0 Å². The van der Waals surface area contributed by atoms with Crippen molar-refractivity contribution < 1.29 is 12.8 Å². The lowest BCUT2D eigenvalue weighted by Gasteiger charge is -2.06. The number of nitrogens with two attached hydrogens (primary N) is 1. The highest BCUT2D eigenvalue weighted by Crippen LogP contribution is 2.19.